The number of aromatic amines is 2. The first-order valence-electron chi connectivity index (χ1n) is 10.6. The molecule has 32 heavy (non-hydrogen) atoms. The Bertz CT molecular complexity index is 1360. The number of aryl methyl sites for hydroxylation is 2. The van der Waals surface area contributed by atoms with Gasteiger partial charge in [0.05, 0.1) is 18.1 Å². The third-order valence-electron chi connectivity index (χ3n) is 5.71. The fraction of sp³-hybridized carbons (Fsp3) is 0.250. The first-order chi connectivity index (χ1) is 15.4. The van der Waals surface area contributed by atoms with Crippen molar-refractivity contribution in [3.63, 3.8) is 0 Å². The summed E-state index contributed by atoms with van der Waals surface area (Å²) < 4.78 is 5.38. The van der Waals surface area contributed by atoms with Gasteiger partial charge in [0.15, 0.2) is 5.79 Å². The standard InChI is InChI=1S/C24H27N7O/c1-14-10-23(29-17-4-6-21-22(11-17)28-15(2)27-21)31-24(25,30-14)9-8-16-13-26-20-7-5-18(32-3)12-19(16)20/h4-7,10-13,26,30H,8-9,25H2,1-3H3,(H,27,28)(H,29,31). The average molecular weight is 430 g/mol. The number of nitrogens with zero attached hydrogens (tertiary/aromatic N) is 2. The van der Waals surface area contributed by atoms with Crippen LogP contribution in [0, 0.1) is 6.92 Å². The highest BCUT2D eigenvalue weighted by Crippen LogP contribution is 2.26. The molecule has 4 aromatic rings. The molecule has 8 heteroatoms. The molecule has 3 heterocycles. The lowest BCUT2D eigenvalue weighted by Crippen LogP contribution is -2.54. The third-order valence-corrected chi connectivity index (χ3v) is 5.71. The lowest BCUT2D eigenvalue weighted by atomic mass is 10.0. The van der Waals surface area contributed by atoms with E-state index in [2.05, 4.69) is 25.6 Å². The fourth-order valence-electron chi connectivity index (χ4n) is 4.22. The second-order valence-corrected chi connectivity index (χ2v) is 8.28. The van der Waals surface area contributed by atoms with Crippen LogP contribution in [0.5, 0.6) is 5.75 Å². The minimum atomic E-state index is -0.904. The van der Waals surface area contributed by atoms with Crippen LogP contribution in [-0.4, -0.2) is 33.7 Å². The highest BCUT2D eigenvalue weighted by atomic mass is 16.5. The number of fused-ring (bicyclic) bond motifs is 2. The number of allylic oxidation sites excluding steroid dienone is 1. The molecule has 0 fully saturated rings. The summed E-state index contributed by atoms with van der Waals surface area (Å²) in [5.74, 6) is 1.55. The number of ether oxygens (including phenoxy) is 1. The maximum atomic E-state index is 6.67. The molecule has 2 aromatic heterocycles. The van der Waals surface area contributed by atoms with Crippen molar-refractivity contribution in [2.75, 3.05) is 12.4 Å². The molecule has 0 aliphatic carbocycles. The van der Waals surface area contributed by atoms with E-state index in [4.69, 9.17) is 15.5 Å². The van der Waals surface area contributed by atoms with E-state index in [1.54, 1.807) is 7.11 Å². The highest BCUT2D eigenvalue weighted by Gasteiger charge is 2.27. The van der Waals surface area contributed by atoms with E-state index in [0.717, 1.165) is 57.2 Å². The highest BCUT2D eigenvalue weighted by molar-refractivity contribution is 6.05. The lowest BCUT2D eigenvalue weighted by molar-refractivity contribution is 0.353. The van der Waals surface area contributed by atoms with Crippen LogP contribution in [-0.2, 0) is 6.42 Å². The Morgan fingerprint density at radius 2 is 2.00 bits per heavy atom. The number of anilines is 1. The van der Waals surface area contributed by atoms with Crippen LogP contribution in [0.2, 0.25) is 0 Å². The monoisotopic (exact) mass is 429 g/mol. The molecular formula is C24H27N7O. The third kappa shape index (κ3) is 3.92. The Kier molecular flexibility index (Phi) is 4.86. The number of amidine groups is 1. The molecule has 5 rings (SSSR count). The topological polar surface area (TPSA) is 116 Å². The molecule has 0 radical (unpaired) electrons. The maximum Gasteiger partial charge on any atom is 0.184 e. The van der Waals surface area contributed by atoms with Gasteiger partial charge in [-0.05, 0) is 68.3 Å². The summed E-state index contributed by atoms with van der Waals surface area (Å²) in [5.41, 5.74) is 12.7. The van der Waals surface area contributed by atoms with Crippen molar-refractivity contribution < 1.29 is 4.74 Å². The van der Waals surface area contributed by atoms with Crippen LogP contribution in [0.4, 0.5) is 5.69 Å². The predicted molar refractivity (Wildman–Crippen MR) is 129 cm³/mol. The van der Waals surface area contributed by atoms with Crippen molar-refractivity contribution in [2.45, 2.75) is 32.5 Å². The minimum absolute atomic E-state index is 0.631. The summed E-state index contributed by atoms with van der Waals surface area (Å²) >= 11 is 0. The molecule has 6 N–H and O–H groups in total. The van der Waals surface area contributed by atoms with Crippen molar-refractivity contribution in [3.05, 3.63) is 65.8 Å². The number of nitrogens with two attached hydrogens (primary N) is 1. The molecule has 0 amide bonds. The largest absolute Gasteiger partial charge is 0.497 e. The smallest absolute Gasteiger partial charge is 0.184 e. The number of benzene rings is 2. The summed E-state index contributed by atoms with van der Waals surface area (Å²) in [6.07, 6.45) is 5.39. The average Bonchev–Trinajstić information content (AvgIpc) is 3.33. The molecule has 2 aromatic carbocycles. The molecule has 1 unspecified atom stereocenters. The second-order valence-electron chi connectivity index (χ2n) is 8.28. The summed E-state index contributed by atoms with van der Waals surface area (Å²) in [7, 11) is 1.68. The second kappa shape index (κ2) is 7.72. The number of nitrogens with one attached hydrogen (secondary N) is 4. The van der Waals surface area contributed by atoms with Gasteiger partial charge in [-0.25, -0.2) is 9.98 Å². The maximum absolute atomic E-state index is 6.67. The van der Waals surface area contributed by atoms with Crippen LogP contribution < -0.4 is 21.1 Å². The number of H-pyrrole nitrogens is 2. The SMILES string of the molecule is COc1ccc2[nH]cc(CCC3(N)N=C(Nc4ccc5nc(C)[nH]c5c4)C=C(C)N3)c2c1. The van der Waals surface area contributed by atoms with Gasteiger partial charge in [0.25, 0.3) is 0 Å². The Balaban J connectivity index is 1.36. The Morgan fingerprint density at radius 3 is 2.84 bits per heavy atom. The molecule has 0 spiro atoms. The Labute approximate surface area is 186 Å². The summed E-state index contributed by atoms with van der Waals surface area (Å²) in [4.78, 5) is 15.8. The van der Waals surface area contributed by atoms with Crippen molar-refractivity contribution in [1.29, 1.82) is 0 Å². The van der Waals surface area contributed by atoms with E-state index in [1.807, 2.05) is 62.5 Å². The van der Waals surface area contributed by atoms with E-state index in [9.17, 15) is 0 Å². The summed E-state index contributed by atoms with van der Waals surface area (Å²) in [6, 6.07) is 12.0. The molecule has 1 aliphatic rings. The normalized spacial score (nSPS) is 18.4. The zero-order chi connectivity index (χ0) is 22.3. The van der Waals surface area contributed by atoms with Gasteiger partial charge in [-0.15, -0.1) is 0 Å². The van der Waals surface area contributed by atoms with Gasteiger partial charge in [0.1, 0.15) is 17.4 Å². The van der Waals surface area contributed by atoms with E-state index in [1.165, 1.54) is 5.56 Å². The van der Waals surface area contributed by atoms with Crippen LogP contribution in [0.15, 0.2) is 59.4 Å². The number of rotatable bonds is 5. The Morgan fingerprint density at radius 1 is 1.12 bits per heavy atom. The van der Waals surface area contributed by atoms with Crippen LogP contribution in [0.1, 0.15) is 24.7 Å². The molecule has 1 aliphatic heterocycles. The van der Waals surface area contributed by atoms with Gasteiger partial charge in [-0.2, -0.15) is 0 Å². The number of hydrogen-bond acceptors (Lipinski definition) is 6. The predicted octanol–water partition coefficient (Wildman–Crippen LogP) is 3.92. The van der Waals surface area contributed by atoms with E-state index >= 15 is 0 Å². The summed E-state index contributed by atoms with van der Waals surface area (Å²) in [5, 5.41) is 7.86. The number of aliphatic imine (C=N–C) groups is 1. The summed E-state index contributed by atoms with van der Waals surface area (Å²) in [6.45, 7) is 3.94. The van der Waals surface area contributed by atoms with Crippen molar-refractivity contribution in [1.82, 2.24) is 20.3 Å². The minimum Gasteiger partial charge on any atom is -0.497 e. The number of aromatic nitrogens is 3. The van der Waals surface area contributed by atoms with Crippen LogP contribution in [0.25, 0.3) is 21.9 Å². The number of methoxy groups -OCH3 is 1. The molecule has 164 valence electrons. The van der Waals surface area contributed by atoms with Crippen LogP contribution in [0.3, 0.4) is 0 Å². The molecule has 1 atom stereocenters. The first kappa shape index (κ1) is 20.1. The van der Waals surface area contributed by atoms with Crippen molar-refractivity contribution in [3.8, 4) is 5.75 Å². The molecule has 8 nitrogen and oxygen atoms in total. The number of hydrogen-bond donors (Lipinski definition) is 5. The Hall–Kier alpha value is -3.78. The molecule has 0 saturated carbocycles. The van der Waals surface area contributed by atoms with Gasteiger partial charge in [-0.3, -0.25) is 5.73 Å². The molecular weight excluding hydrogens is 402 g/mol. The van der Waals surface area contributed by atoms with Gasteiger partial charge >= 0.3 is 0 Å². The van der Waals surface area contributed by atoms with Gasteiger partial charge in [0, 0.05) is 34.9 Å². The van der Waals surface area contributed by atoms with Gasteiger partial charge in [0.2, 0.25) is 0 Å². The van der Waals surface area contributed by atoms with E-state index in [0.29, 0.717) is 6.42 Å². The quantitative estimate of drug-likeness (QED) is 0.330. The fourth-order valence-corrected chi connectivity index (χ4v) is 4.22. The van der Waals surface area contributed by atoms with Gasteiger partial charge < -0.3 is 25.3 Å². The first-order valence-corrected chi connectivity index (χ1v) is 10.6. The molecule has 0 saturated heterocycles. The van der Waals surface area contributed by atoms with E-state index in [-0.39, 0.29) is 0 Å². The molecule has 0 bridgehead atoms. The number of imidazole rings is 1. The lowest BCUT2D eigenvalue weighted by Gasteiger charge is -2.32. The van der Waals surface area contributed by atoms with Crippen molar-refractivity contribution >= 4 is 33.5 Å². The zero-order valence-corrected chi connectivity index (χ0v) is 18.4. The van der Waals surface area contributed by atoms with E-state index < -0.39 is 5.79 Å². The zero-order valence-electron chi connectivity index (χ0n) is 18.4. The van der Waals surface area contributed by atoms with Crippen molar-refractivity contribution in [2.24, 2.45) is 10.7 Å². The van der Waals surface area contributed by atoms with Crippen LogP contribution >= 0.6 is 0 Å². The van der Waals surface area contributed by atoms with Gasteiger partial charge in [-0.1, -0.05) is 0 Å².